The average molecular weight is 491 g/mol. The van der Waals surface area contributed by atoms with Gasteiger partial charge < -0.3 is 20.1 Å². The molecule has 2 N–H and O–H groups in total. The molecule has 1 saturated heterocycles. The van der Waals surface area contributed by atoms with E-state index in [9.17, 15) is 18.0 Å². The van der Waals surface area contributed by atoms with Gasteiger partial charge in [-0.15, -0.1) is 11.3 Å². The fourth-order valence-electron chi connectivity index (χ4n) is 4.59. The van der Waals surface area contributed by atoms with E-state index in [0.29, 0.717) is 34.4 Å². The molecule has 2 aliphatic heterocycles. The van der Waals surface area contributed by atoms with E-state index in [2.05, 4.69) is 17.6 Å². The summed E-state index contributed by atoms with van der Waals surface area (Å²) in [7, 11) is -3.11. The van der Waals surface area contributed by atoms with Crippen molar-refractivity contribution in [3.8, 4) is 11.5 Å². The molecule has 0 radical (unpaired) electrons. The van der Waals surface area contributed by atoms with E-state index in [4.69, 9.17) is 9.47 Å². The predicted octanol–water partition coefficient (Wildman–Crippen LogP) is 2.57. The minimum atomic E-state index is -3.11. The van der Waals surface area contributed by atoms with E-state index >= 15 is 0 Å². The minimum absolute atomic E-state index is 0.0452. The number of para-hydroxylation sites is 2. The molecular weight excluding hydrogens is 464 g/mol. The Bertz CT molecular complexity index is 1210. The highest BCUT2D eigenvalue weighted by Crippen LogP contribution is 2.40. The molecule has 3 heterocycles. The SMILES string of the molecule is C[C@@H]1CCc2c(sc(NC(=O)[C@H]3COc4ccccc4O3)c2C(=O)N[C@@H]2CCS(=O)(=O)C2)C1. The van der Waals surface area contributed by atoms with Gasteiger partial charge in [0.2, 0.25) is 6.10 Å². The van der Waals surface area contributed by atoms with Gasteiger partial charge in [-0.05, 0) is 49.3 Å². The zero-order valence-corrected chi connectivity index (χ0v) is 19.9. The second-order valence-corrected chi connectivity index (χ2v) is 12.3. The summed E-state index contributed by atoms with van der Waals surface area (Å²) in [6.45, 7) is 2.25. The number of amides is 2. The first-order valence-electron chi connectivity index (χ1n) is 11.1. The molecule has 2 amide bonds. The van der Waals surface area contributed by atoms with E-state index in [-0.39, 0.29) is 29.9 Å². The first-order valence-corrected chi connectivity index (χ1v) is 13.8. The van der Waals surface area contributed by atoms with Gasteiger partial charge in [-0.2, -0.15) is 0 Å². The van der Waals surface area contributed by atoms with Gasteiger partial charge in [0, 0.05) is 10.9 Å². The molecule has 2 aromatic rings. The number of carbonyl (C=O) groups excluding carboxylic acids is 2. The summed E-state index contributed by atoms with van der Waals surface area (Å²) in [5, 5.41) is 6.27. The lowest BCUT2D eigenvalue weighted by Gasteiger charge is -2.25. The Hall–Kier alpha value is -2.59. The molecule has 176 valence electrons. The first kappa shape index (κ1) is 22.2. The highest BCUT2D eigenvalue weighted by molar-refractivity contribution is 7.91. The van der Waals surface area contributed by atoms with E-state index in [1.165, 1.54) is 11.3 Å². The maximum atomic E-state index is 13.3. The third kappa shape index (κ3) is 4.59. The summed E-state index contributed by atoms with van der Waals surface area (Å²) in [5.41, 5.74) is 1.41. The molecule has 1 aromatic carbocycles. The Morgan fingerprint density at radius 2 is 1.94 bits per heavy atom. The number of ether oxygens (including phenoxy) is 2. The lowest BCUT2D eigenvalue weighted by atomic mass is 9.88. The molecule has 1 aliphatic carbocycles. The largest absolute Gasteiger partial charge is 0.485 e. The Kier molecular flexibility index (Phi) is 5.82. The van der Waals surface area contributed by atoms with Crippen LogP contribution in [0.3, 0.4) is 0 Å². The number of hydrogen-bond acceptors (Lipinski definition) is 7. The van der Waals surface area contributed by atoms with Crippen LogP contribution in [-0.4, -0.2) is 50.5 Å². The third-order valence-electron chi connectivity index (χ3n) is 6.34. The van der Waals surface area contributed by atoms with Crippen LogP contribution < -0.4 is 20.1 Å². The molecule has 1 aromatic heterocycles. The van der Waals surface area contributed by atoms with E-state index < -0.39 is 22.0 Å². The predicted molar refractivity (Wildman–Crippen MR) is 125 cm³/mol. The normalized spacial score (nSPS) is 25.2. The van der Waals surface area contributed by atoms with Crippen LogP contribution in [0.25, 0.3) is 0 Å². The number of anilines is 1. The quantitative estimate of drug-likeness (QED) is 0.682. The van der Waals surface area contributed by atoms with E-state index in [1.807, 2.05) is 12.1 Å². The van der Waals surface area contributed by atoms with Crippen LogP contribution in [0, 0.1) is 5.92 Å². The Morgan fingerprint density at radius 3 is 2.70 bits per heavy atom. The molecule has 0 unspecified atom stereocenters. The average Bonchev–Trinajstić information content (AvgIpc) is 3.31. The second-order valence-electron chi connectivity index (χ2n) is 8.98. The summed E-state index contributed by atoms with van der Waals surface area (Å²) in [4.78, 5) is 27.4. The Labute approximate surface area is 196 Å². The number of rotatable bonds is 4. The second kappa shape index (κ2) is 8.64. The van der Waals surface area contributed by atoms with Gasteiger partial charge in [0.05, 0.1) is 17.1 Å². The minimum Gasteiger partial charge on any atom is -0.485 e. The topological polar surface area (TPSA) is 111 Å². The lowest BCUT2D eigenvalue weighted by Crippen LogP contribution is -2.41. The fourth-order valence-corrected chi connectivity index (χ4v) is 7.67. The van der Waals surface area contributed by atoms with Crippen LogP contribution in [-0.2, 0) is 27.5 Å². The van der Waals surface area contributed by atoms with Gasteiger partial charge in [-0.3, -0.25) is 9.59 Å². The lowest BCUT2D eigenvalue weighted by molar-refractivity contribution is -0.125. The molecular formula is C23H26N2O6S2. The van der Waals surface area contributed by atoms with Crippen molar-refractivity contribution in [3.05, 3.63) is 40.3 Å². The number of fused-ring (bicyclic) bond motifs is 2. The first-order chi connectivity index (χ1) is 15.8. The number of nitrogens with one attached hydrogen (secondary N) is 2. The molecule has 10 heteroatoms. The number of hydrogen-bond donors (Lipinski definition) is 2. The zero-order chi connectivity index (χ0) is 23.2. The standard InChI is InChI=1S/C23H26N2O6S2/c1-13-6-7-15-19(10-13)32-23(20(15)22(27)24-14-8-9-33(28,29)12-14)25-21(26)18-11-30-16-4-2-3-5-17(16)31-18/h2-5,13-14,18H,6-12H2,1H3,(H,24,27)(H,25,26)/t13-,14-,18-/m1/s1. The van der Waals surface area contributed by atoms with Crippen molar-refractivity contribution in [2.24, 2.45) is 5.92 Å². The number of carbonyl (C=O) groups is 2. The number of thiophene rings is 1. The molecule has 0 spiro atoms. The van der Waals surface area contributed by atoms with Crippen LogP contribution in [0.15, 0.2) is 24.3 Å². The highest BCUT2D eigenvalue weighted by Gasteiger charge is 2.34. The van der Waals surface area contributed by atoms with Gasteiger partial charge in [0.1, 0.15) is 11.6 Å². The smallest absolute Gasteiger partial charge is 0.269 e. The van der Waals surface area contributed by atoms with E-state index in [0.717, 1.165) is 29.7 Å². The number of benzene rings is 1. The van der Waals surface area contributed by atoms with Crippen LogP contribution in [0.4, 0.5) is 5.00 Å². The maximum absolute atomic E-state index is 13.3. The summed E-state index contributed by atoms with van der Waals surface area (Å²) < 4.78 is 35.1. The van der Waals surface area contributed by atoms with Crippen LogP contribution in [0.1, 0.15) is 40.6 Å². The van der Waals surface area contributed by atoms with Crippen molar-refractivity contribution in [1.82, 2.24) is 5.32 Å². The van der Waals surface area contributed by atoms with Crippen LogP contribution in [0.2, 0.25) is 0 Å². The summed E-state index contributed by atoms with van der Waals surface area (Å²) in [6.07, 6.45) is 2.14. The van der Waals surface area contributed by atoms with Crippen molar-refractivity contribution in [2.75, 3.05) is 23.4 Å². The molecule has 8 nitrogen and oxygen atoms in total. The molecule has 1 fully saturated rings. The van der Waals surface area contributed by atoms with Crippen molar-refractivity contribution < 1.29 is 27.5 Å². The van der Waals surface area contributed by atoms with Crippen molar-refractivity contribution in [2.45, 2.75) is 44.8 Å². The maximum Gasteiger partial charge on any atom is 0.269 e. The summed E-state index contributed by atoms with van der Waals surface area (Å²) in [6, 6.07) is 6.76. The van der Waals surface area contributed by atoms with Crippen LogP contribution >= 0.6 is 11.3 Å². The monoisotopic (exact) mass is 490 g/mol. The third-order valence-corrected chi connectivity index (χ3v) is 9.28. The van der Waals surface area contributed by atoms with Gasteiger partial charge >= 0.3 is 0 Å². The molecule has 3 atom stereocenters. The molecule has 3 aliphatic rings. The molecule has 33 heavy (non-hydrogen) atoms. The van der Waals surface area contributed by atoms with Crippen LogP contribution in [0.5, 0.6) is 11.5 Å². The molecule has 0 saturated carbocycles. The van der Waals surface area contributed by atoms with Gasteiger partial charge in [-0.1, -0.05) is 19.1 Å². The summed E-state index contributed by atoms with van der Waals surface area (Å²) in [5.74, 6) is 0.927. The highest BCUT2D eigenvalue weighted by atomic mass is 32.2. The Balaban J connectivity index is 1.38. The van der Waals surface area contributed by atoms with Gasteiger partial charge in [0.25, 0.3) is 11.8 Å². The van der Waals surface area contributed by atoms with E-state index in [1.54, 1.807) is 12.1 Å². The van der Waals surface area contributed by atoms with Gasteiger partial charge in [0.15, 0.2) is 21.3 Å². The van der Waals surface area contributed by atoms with Gasteiger partial charge in [-0.25, -0.2) is 8.42 Å². The Morgan fingerprint density at radius 1 is 1.15 bits per heavy atom. The van der Waals surface area contributed by atoms with Crippen molar-refractivity contribution >= 4 is 38.0 Å². The molecule has 0 bridgehead atoms. The van der Waals surface area contributed by atoms with Crippen molar-refractivity contribution in [1.29, 1.82) is 0 Å². The number of sulfone groups is 1. The molecule has 5 rings (SSSR count). The fraction of sp³-hybridized carbons (Fsp3) is 0.478. The zero-order valence-electron chi connectivity index (χ0n) is 18.3. The summed E-state index contributed by atoms with van der Waals surface area (Å²) >= 11 is 1.42. The van der Waals surface area contributed by atoms with Crippen molar-refractivity contribution in [3.63, 3.8) is 0 Å².